The van der Waals surface area contributed by atoms with Crippen LogP contribution in [0, 0.1) is 0 Å². The zero-order chi connectivity index (χ0) is 18.8. The topological polar surface area (TPSA) is 49.3 Å². The van der Waals surface area contributed by atoms with Crippen LogP contribution in [-0.4, -0.2) is 17.1 Å². The van der Waals surface area contributed by atoms with Crippen LogP contribution in [0.1, 0.15) is 59.6 Å². The van der Waals surface area contributed by atoms with E-state index >= 15 is 0 Å². The van der Waals surface area contributed by atoms with E-state index in [2.05, 4.69) is 54.7 Å². The maximum Gasteiger partial charge on any atom is 0.335 e. The molecule has 138 valence electrons. The second kappa shape index (κ2) is 7.53. The van der Waals surface area contributed by atoms with Gasteiger partial charge >= 0.3 is 5.97 Å². The van der Waals surface area contributed by atoms with Crippen LogP contribution in [0.2, 0.25) is 0 Å². The SMILES string of the molecule is C[C@@H](N[C@H]1CC[C@@H](c2ccc(C(=O)O)cc2)C1)c1cccc2ccccc12. The molecule has 3 heteroatoms. The van der Waals surface area contributed by atoms with Crippen molar-refractivity contribution >= 4 is 16.7 Å². The Morgan fingerprint density at radius 1 is 1.00 bits per heavy atom. The van der Waals surface area contributed by atoms with Crippen LogP contribution in [0.15, 0.2) is 66.7 Å². The molecule has 3 atom stereocenters. The van der Waals surface area contributed by atoms with Gasteiger partial charge in [-0.1, -0.05) is 54.6 Å². The molecule has 1 aliphatic carbocycles. The Bertz CT molecular complexity index is 943. The van der Waals surface area contributed by atoms with Crippen LogP contribution in [0.25, 0.3) is 10.8 Å². The van der Waals surface area contributed by atoms with E-state index < -0.39 is 5.97 Å². The van der Waals surface area contributed by atoms with Crippen molar-refractivity contribution in [3.05, 3.63) is 83.4 Å². The first-order valence-electron chi connectivity index (χ1n) is 9.69. The Labute approximate surface area is 160 Å². The molecule has 0 aliphatic heterocycles. The summed E-state index contributed by atoms with van der Waals surface area (Å²) in [6.45, 7) is 2.25. The minimum atomic E-state index is -0.864. The van der Waals surface area contributed by atoms with Gasteiger partial charge in [0.15, 0.2) is 0 Å². The van der Waals surface area contributed by atoms with E-state index in [0.717, 1.165) is 19.3 Å². The fraction of sp³-hybridized carbons (Fsp3) is 0.292. The van der Waals surface area contributed by atoms with Gasteiger partial charge in [-0.2, -0.15) is 0 Å². The van der Waals surface area contributed by atoms with E-state index in [-0.39, 0.29) is 0 Å². The van der Waals surface area contributed by atoms with Gasteiger partial charge in [-0.15, -0.1) is 0 Å². The Morgan fingerprint density at radius 3 is 2.52 bits per heavy atom. The number of hydrogen-bond donors (Lipinski definition) is 2. The third kappa shape index (κ3) is 3.74. The smallest absolute Gasteiger partial charge is 0.335 e. The number of hydrogen-bond acceptors (Lipinski definition) is 2. The fourth-order valence-electron chi connectivity index (χ4n) is 4.40. The number of aromatic carboxylic acids is 1. The van der Waals surface area contributed by atoms with Crippen molar-refractivity contribution < 1.29 is 9.90 Å². The Hall–Kier alpha value is -2.65. The molecule has 0 amide bonds. The van der Waals surface area contributed by atoms with Gasteiger partial charge in [0.05, 0.1) is 5.56 Å². The van der Waals surface area contributed by atoms with Gasteiger partial charge in [0.1, 0.15) is 0 Å². The molecule has 4 rings (SSSR count). The van der Waals surface area contributed by atoms with Crippen LogP contribution in [0.5, 0.6) is 0 Å². The average molecular weight is 359 g/mol. The molecule has 3 aromatic carbocycles. The second-order valence-electron chi connectivity index (χ2n) is 7.59. The van der Waals surface area contributed by atoms with Crippen LogP contribution in [0.3, 0.4) is 0 Å². The monoisotopic (exact) mass is 359 g/mol. The molecule has 0 aromatic heterocycles. The van der Waals surface area contributed by atoms with Crippen LogP contribution in [0.4, 0.5) is 0 Å². The van der Waals surface area contributed by atoms with Gasteiger partial charge < -0.3 is 10.4 Å². The molecule has 0 spiro atoms. The minimum Gasteiger partial charge on any atom is -0.478 e. The van der Waals surface area contributed by atoms with Gasteiger partial charge in [-0.05, 0) is 66.1 Å². The van der Waals surface area contributed by atoms with Crippen LogP contribution in [-0.2, 0) is 0 Å². The lowest BCUT2D eigenvalue weighted by Crippen LogP contribution is -2.29. The van der Waals surface area contributed by atoms with Gasteiger partial charge in [0, 0.05) is 12.1 Å². The lowest BCUT2D eigenvalue weighted by molar-refractivity contribution is 0.0697. The predicted octanol–water partition coefficient (Wildman–Crippen LogP) is 5.52. The summed E-state index contributed by atoms with van der Waals surface area (Å²) in [7, 11) is 0. The van der Waals surface area contributed by atoms with Crippen LogP contribution < -0.4 is 5.32 Å². The number of carbonyl (C=O) groups is 1. The summed E-state index contributed by atoms with van der Waals surface area (Å²) in [5.41, 5.74) is 2.96. The third-order valence-electron chi connectivity index (χ3n) is 5.84. The number of rotatable bonds is 5. The first-order chi connectivity index (χ1) is 13.1. The zero-order valence-corrected chi connectivity index (χ0v) is 15.6. The maximum absolute atomic E-state index is 11.0. The molecule has 2 N–H and O–H groups in total. The minimum absolute atomic E-state index is 0.300. The van der Waals surface area contributed by atoms with Crippen molar-refractivity contribution in [1.82, 2.24) is 5.32 Å². The van der Waals surface area contributed by atoms with Crippen molar-refractivity contribution in [2.45, 2.75) is 44.2 Å². The molecule has 0 heterocycles. The average Bonchev–Trinajstić information content (AvgIpc) is 3.16. The molecule has 0 saturated heterocycles. The Kier molecular flexibility index (Phi) is 4.95. The molecule has 27 heavy (non-hydrogen) atoms. The van der Waals surface area contributed by atoms with E-state index in [1.165, 1.54) is 21.9 Å². The molecular formula is C24H25NO2. The predicted molar refractivity (Wildman–Crippen MR) is 109 cm³/mol. The van der Waals surface area contributed by atoms with E-state index in [4.69, 9.17) is 5.11 Å². The number of benzene rings is 3. The van der Waals surface area contributed by atoms with E-state index in [1.54, 1.807) is 12.1 Å². The molecule has 1 fully saturated rings. The van der Waals surface area contributed by atoms with Crippen LogP contribution >= 0.6 is 0 Å². The summed E-state index contributed by atoms with van der Waals surface area (Å²) in [5, 5.41) is 15.5. The zero-order valence-electron chi connectivity index (χ0n) is 15.6. The highest BCUT2D eigenvalue weighted by Gasteiger charge is 2.27. The normalized spacial score (nSPS) is 20.6. The van der Waals surface area contributed by atoms with Crippen molar-refractivity contribution in [3.63, 3.8) is 0 Å². The second-order valence-corrected chi connectivity index (χ2v) is 7.59. The number of carboxylic acids is 1. The quantitative estimate of drug-likeness (QED) is 0.630. The maximum atomic E-state index is 11.0. The Balaban J connectivity index is 1.44. The highest BCUT2D eigenvalue weighted by atomic mass is 16.4. The number of fused-ring (bicyclic) bond motifs is 1. The summed E-state index contributed by atoms with van der Waals surface area (Å²) in [6, 6.07) is 23.3. The van der Waals surface area contributed by atoms with E-state index in [9.17, 15) is 4.79 Å². The Morgan fingerprint density at radius 2 is 1.74 bits per heavy atom. The molecule has 0 unspecified atom stereocenters. The van der Waals surface area contributed by atoms with Gasteiger partial charge in [-0.3, -0.25) is 0 Å². The van der Waals surface area contributed by atoms with Crippen molar-refractivity contribution in [2.24, 2.45) is 0 Å². The van der Waals surface area contributed by atoms with Crippen molar-refractivity contribution in [1.29, 1.82) is 0 Å². The summed E-state index contributed by atoms with van der Waals surface area (Å²) >= 11 is 0. The highest BCUT2D eigenvalue weighted by molar-refractivity contribution is 5.87. The molecule has 0 radical (unpaired) electrons. The lowest BCUT2D eigenvalue weighted by atomic mass is 9.96. The van der Waals surface area contributed by atoms with E-state index in [1.807, 2.05) is 12.1 Å². The standard InChI is InChI=1S/C24H25NO2/c1-16(22-8-4-6-18-5-2-3-7-23(18)22)25-21-14-13-20(15-21)17-9-11-19(12-10-17)24(26)27/h2-12,16,20-21,25H,13-15H2,1H3,(H,26,27)/t16-,20-,21+/m1/s1. The van der Waals surface area contributed by atoms with Gasteiger partial charge in [0.25, 0.3) is 0 Å². The fourth-order valence-corrected chi connectivity index (χ4v) is 4.40. The molecule has 1 saturated carbocycles. The summed E-state index contributed by atoms with van der Waals surface area (Å²) in [4.78, 5) is 11.0. The van der Waals surface area contributed by atoms with Crippen molar-refractivity contribution in [3.8, 4) is 0 Å². The van der Waals surface area contributed by atoms with Gasteiger partial charge in [0.2, 0.25) is 0 Å². The summed E-state index contributed by atoms with van der Waals surface area (Å²) in [6.07, 6.45) is 3.40. The van der Waals surface area contributed by atoms with Crippen molar-refractivity contribution in [2.75, 3.05) is 0 Å². The van der Waals surface area contributed by atoms with E-state index in [0.29, 0.717) is 23.6 Å². The van der Waals surface area contributed by atoms with Gasteiger partial charge in [-0.25, -0.2) is 4.79 Å². The first-order valence-corrected chi connectivity index (χ1v) is 9.69. The highest BCUT2D eigenvalue weighted by Crippen LogP contribution is 2.36. The molecule has 0 bridgehead atoms. The molecular weight excluding hydrogens is 334 g/mol. The lowest BCUT2D eigenvalue weighted by Gasteiger charge is -2.21. The summed E-state index contributed by atoms with van der Waals surface area (Å²) < 4.78 is 0. The third-order valence-corrected chi connectivity index (χ3v) is 5.84. The number of nitrogens with one attached hydrogen (secondary N) is 1. The molecule has 3 aromatic rings. The summed E-state index contributed by atoms with van der Waals surface area (Å²) in [5.74, 6) is -0.360. The largest absolute Gasteiger partial charge is 0.478 e. The molecule has 3 nitrogen and oxygen atoms in total. The molecule has 1 aliphatic rings. The number of carboxylic acid groups (broad SMARTS) is 1. The first kappa shape index (κ1) is 17.7.